The molecule has 1 saturated heterocycles. The van der Waals surface area contributed by atoms with Gasteiger partial charge in [-0.25, -0.2) is 0 Å². The maximum Gasteiger partial charge on any atom is 0.416 e. The summed E-state index contributed by atoms with van der Waals surface area (Å²) >= 11 is 5.94. The van der Waals surface area contributed by atoms with Gasteiger partial charge >= 0.3 is 6.18 Å². The van der Waals surface area contributed by atoms with E-state index in [1.54, 1.807) is 38.2 Å². The van der Waals surface area contributed by atoms with E-state index < -0.39 is 59.5 Å². The molecule has 1 aliphatic rings. The largest absolute Gasteiger partial charge is 0.416 e. The highest BCUT2D eigenvalue weighted by Crippen LogP contribution is 2.32. The maximum atomic E-state index is 13.8. The number of likely N-dealkylation sites (N-methyl/N-ethyl adjacent to an activating group) is 1. The number of nitrogens with two attached hydrogens (primary N) is 1. The predicted molar refractivity (Wildman–Crippen MR) is 147 cm³/mol. The van der Waals surface area contributed by atoms with Crippen molar-refractivity contribution in [3.63, 3.8) is 0 Å². The summed E-state index contributed by atoms with van der Waals surface area (Å²) in [5.41, 5.74) is 5.40. The Bertz CT molecular complexity index is 1260. The van der Waals surface area contributed by atoms with Gasteiger partial charge in [0, 0.05) is 24.4 Å². The topological polar surface area (TPSA) is 134 Å². The van der Waals surface area contributed by atoms with Gasteiger partial charge in [-0.15, -0.1) is 0 Å². The van der Waals surface area contributed by atoms with Gasteiger partial charge in [0.15, 0.2) is 0 Å². The first kappa shape index (κ1) is 31.9. The summed E-state index contributed by atoms with van der Waals surface area (Å²) in [4.78, 5) is 53.1. The lowest BCUT2D eigenvalue weighted by Crippen LogP contribution is -2.57. The first-order valence-corrected chi connectivity index (χ1v) is 13.5. The molecule has 4 amide bonds. The van der Waals surface area contributed by atoms with Crippen molar-refractivity contribution in [2.45, 2.75) is 63.0 Å². The number of primary amides is 1. The minimum Gasteiger partial charge on any atom is -0.368 e. The molecular formula is C28H33ClF3N5O4. The smallest absolute Gasteiger partial charge is 0.368 e. The molecule has 1 aliphatic heterocycles. The number of likely N-dealkylation sites (tertiary alicyclic amines) is 1. The fourth-order valence-corrected chi connectivity index (χ4v) is 4.90. The van der Waals surface area contributed by atoms with Gasteiger partial charge in [0.1, 0.15) is 18.1 Å². The minimum absolute atomic E-state index is 0.0810. The van der Waals surface area contributed by atoms with Gasteiger partial charge in [-0.2, -0.15) is 13.2 Å². The Labute approximate surface area is 241 Å². The number of hydrogen-bond donors (Lipinski definition) is 4. The van der Waals surface area contributed by atoms with Crippen LogP contribution in [0.2, 0.25) is 5.02 Å². The van der Waals surface area contributed by atoms with E-state index in [9.17, 15) is 32.3 Å². The number of amides is 4. The third-order valence-electron chi connectivity index (χ3n) is 6.95. The molecule has 222 valence electrons. The molecule has 0 bridgehead atoms. The first-order valence-electron chi connectivity index (χ1n) is 13.1. The molecule has 2 aromatic rings. The summed E-state index contributed by atoms with van der Waals surface area (Å²) in [6.45, 7) is 1.73. The second-order valence-electron chi connectivity index (χ2n) is 9.96. The van der Waals surface area contributed by atoms with Crippen LogP contribution in [0, 0.1) is 0 Å². The Morgan fingerprint density at radius 1 is 1.02 bits per heavy atom. The lowest BCUT2D eigenvalue weighted by molar-refractivity contribution is -0.142. The molecule has 0 unspecified atom stereocenters. The van der Waals surface area contributed by atoms with Gasteiger partial charge in [0.25, 0.3) is 0 Å². The van der Waals surface area contributed by atoms with Crippen molar-refractivity contribution < 1.29 is 32.3 Å². The summed E-state index contributed by atoms with van der Waals surface area (Å²) in [5, 5.41) is 7.80. The molecule has 41 heavy (non-hydrogen) atoms. The number of hydrogen-bond acceptors (Lipinski definition) is 5. The van der Waals surface area contributed by atoms with Crippen LogP contribution < -0.4 is 21.7 Å². The van der Waals surface area contributed by atoms with E-state index >= 15 is 0 Å². The van der Waals surface area contributed by atoms with Crippen LogP contribution in [0.25, 0.3) is 0 Å². The molecule has 5 N–H and O–H groups in total. The molecule has 3 rings (SSSR count). The molecule has 0 saturated carbocycles. The molecule has 0 spiro atoms. The molecule has 1 fully saturated rings. The van der Waals surface area contributed by atoms with E-state index in [1.165, 1.54) is 11.0 Å². The fourth-order valence-electron chi connectivity index (χ4n) is 4.64. The summed E-state index contributed by atoms with van der Waals surface area (Å²) in [6, 6.07) is 7.90. The van der Waals surface area contributed by atoms with Crippen LogP contribution in [-0.4, -0.2) is 66.3 Å². The molecule has 0 radical (unpaired) electrons. The molecule has 13 heteroatoms. The Morgan fingerprint density at radius 3 is 2.29 bits per heavy atom. The highest BCUT2D eigenvalue weighted by atomic mass is 35.5. The van der Waals surface area contributed by atoms with Crippen molar-refractivity contribution in [3.8, 4) is 0 Å². The number of carbonyl (C=O) groups excluding carboxylic acids is 4. The molecule has 9 nitrogen and oxygen atoms in total. The van der Waals surface area contributed by atoms with Crippen LogP contribution in [0.3, 0.4) is 0 Å². The Balaban J connectivity index is 1.84. The molecule has 0 aromatic heterocycles. The number of carbonyl (C=O) groups is 4. The predicted octanol–water partition coefficient (Wildman–Crippen LogP) is 2.20. The third kappa shape index (κ3) is 8.67. The molecular weight excluding hydrogens is 563 g/mol. The van der Waals surface area contributed by atoms with Crippen molar-refractivity contribution in [1.29, 1.82) is 0 Å². The van der Waals surface area contributed by atoms with Crippen LogP contribution in [0.1, 0.15) is 36.5 Å². The number of nitrogens with one attached hydrogen (secondary N) is 3. The normalized spacial score (nSPS) is 17.4. The van der Waals surface area contributed by atoms with E-state index in [0.717, 1.165) is 17.7 Å². The van der Waals surface area contributed by atoms with Crippen molar-refractivity contribution in [2.75, 3.05) is 13.6 Å². The van der Waals surface area contributed by atoms with E-state index in [2.05, 4.69) is 16.0 Å². The Morgan fingerprint density at radius 2 is 1.68 bits per heavy atom. The third-order valence-corrected chi connectivity index (χ3v) is 7.16. The molecule has 2 aromatic carbocycles. The number of alkyl halides is 3. The van der Waals surface area contributed by atoms with Gasteiger partial charge in [-0.1, -0.05) is 41.9 Å². The van der Waals surface area contributed by atoms with Crippen molar-refractivity contribution in [2.24, 2.45) is 5.73 Å². The zero-order chi connectivity index (χ0) is 30.3. The standard InChI is InChI=1S/C28H33ClF3N5O4/c1-16(34-2)25(39)36-22(14-18-11-19(28(30,31)32)15-20(29)12-18)27(41)37-10-6-9-23(37)26(40)35-21(24(33)38)13-17-7-4-3-5-8-17/h3-5,7-8,11-12,15-16,21-23,34H,6,9-10,13-14H2,1-2H3,(H2,33,38)(H,35,40)(H,36,39)/t16-,21-,22-,23-/m0/s1. The molecule has 4 atom stereocenters. The SMILES string of the molecule is CN[C@@H](C)C(=O)N[C@@H](Cc1cc(Cl)cc(C(F)(F)F)c1)C(=O)N1CCC[C@H]1C(=O)N[C@@H](Cc1ccccc1)C(N)=O. The zero-order valence-corrected chi connectivity index (χ0v) is 23.4. The number of halogens is 4. The van der Waals surface area contributed by atoms with Gasteiger partial charge < -0.3 is 26.6 Å². The van der Waals surface area contributed by atoms with Crippen LogP contribution in [0.5, 0.6) is 0 Å². The van der Waals surface area contributed by atoms with E-state index in [0.29, 0.717) is 6.42 Å². The second-order valence-corrected chi connectivity index (χ2v) is 10.4. The van der Waals surface area contributed by atoms with Gasteiger partial charge in [-0.3, -0.25) is 19.2 Å². The lowest BCUT2D eigenvalue weighted by atomic mass is 10.0. The lowest BCUT2D eigenvalue weighted by Gasteiger charge is -2.30. The quantitative estimate of drug-likeness (QED) is 0.316. The average molecular weight is 596 g/mol. The van der Waals surface area contributed by atoms with Crippen molar-refractivity contribution in [3.05, 3.63) is 70.2 Å². The first-order chi connectivity index (χ1) is 19.3. The highest BCUT2D eigenvalue weighted by molar-refractivity contribution is 6.30. The van der Waals surface area contributed by atoms with E-state index in [-0.39, 0.29) is 36.4 Å². The van der Waals surface area contributed by atoms with Crippen LogP contribution >= 0.6 is 11.6 Å². The summed E-state index contributed by atoms with van der Waals surface area (Å²) in [5.74, 6) is -2.54. The molecule has 1 heterocycles. The van der Waals surface area contributed by atoms with Gasteiger partial charge in [0.05, 0.1) is 11.6 Å². The highest BCUT2D eigenvalue weighted by Gasteiger charge is 2.39. The Hall–Kier alpha value is -3.64. The van der Waals surface area contributed by atoms with E-state index in [1.807, 2.05) is 6.07 Å². The van der Waals surface area contributed by atoms with E-state index in [4.69, 9.17) is 17.3 Å². The summed E-state index contributed by atoms with van der Waals surface area (Å²) in [7, 11) is 1.54. The number of rotatable bonds is 11. The summed E-state index contributed by atoms with van der Waals surface area (Å²) in [6.07, 6.45) is -4.06. The van der Waals surface area contributed by atoms with Crippen LogP contribution in [-0.2, 0) is 38.2 Å². The summed E-state index contributed by atoms with van der Waals surface area (Å²) < 4.78 is 40.2. The number of benzene rings is 2. The van der Waals surface area contributed by atoms with Crippen LogP contribution in [0.4, 0.5) is 13.2 Å². The average Bonchev–Trinajstić information content (AvgIpc) is 3.41. The minimum atomic E-state index is -4.67. The molecule has 0 aliphatic carbocycles. The van der Waals surface area contributed by atoms with Gasteiger partial charge in [-0.05, 0) is 56.1 Å². The monoisotopic (exact) mass is 595 g/mol. The number of nitrogens with zero attached hydrogens (tertiary/aromatic N) is 1. The van der Waals surface area contributed by atoms with Gasteiger partial charge in [0.2, 0.25) is 23.6 Å². The van der Waals surface area contributed by atoms with Crippen LogP contribution in [0.15, 0.2) is 48.5 Å². The van der Waals surface area contributed by atoms with Crippen molar-refractivity contribution in [1.82, 2.24) is 20.9 Å². The fraction of sp³-hybridized carbons (Fsp3) is 0.429. The maximum absolute atomic E-state index is 13.8. The zero-order valence-electron chi connectivity index (χ0n) is 22.6. The van der Waals surface area contributed by atoms with Crippen molar-refractivity contribution >= 4 is 35.2 Å². The second kappa shape index (κ2) is 13.8. The Kier molecular flexibility index (Phi) is 10.7.